The smallest absolute Gasteiger partial charge is 0.270 e. The lowest BCUT2D eigenvalue weighted by molar-refractivity contribution is 0.0611. The molecule has 5 nitrogen and oxygen atoms in total. The number of carbonyl (C=O) groups is 1. The van der Waals surface area contributed by atoms with Crippen LogP contribution in [0.5, 0.6) is 0 Å². The molecule has 0 aliphatic carbocycles. The minimum atomic E-state index is -3.97. The highest BCUT2D eigenvalue weighted by molar-refractivity contribution is 8.13. The number of rotatable bonds is 6. The molecule has 1 rings (SSSR count). The van der Waals surface area contributed by atoms with Gasteiger partial charge in [0.2, 0.25) is 0 Å². The topological polar surface area (TPSA) is 59.4 Å². The number of nitrogens with zero attached hydrogens (tertiary/aromatic N) is 2. The molecule has 9 heteroatoms. The van der Waals surface area contributed by atoms with Crippen LogP contribution in [0.1, 0.15) is 23.8 Å². The van der Waals surface area contributed by atoms with Crippen LogP contribution in [0.15, 0.2) is 17.2 Å². The highest BCUT2D eigenvalue weighted by atomic mass is 35.7. The van der Waals surface area contributed by atoms with E-state index in [-0.39, 0.29) is 10.6 Å². The molecule has 1 amide bonds. The van der Waals surface area contributed by atoms with Gasteiger partial charge in [-0.3, -0.25) is 4.79 Å². The van der Waals surface area contributed by atoms with E-state index in [1.807, 2.05) is 6.92 Å². The van der Waals surface area contributed by atoms with Gasteiger partial charge in [0.25, 0.3) is 21.4 Å². The third kappa shape index (κ3) is 4.17. The Morgan fingerprint density at radius 3 is 2.55 bits per heavy atom. The first kappa shape index (κ1) is 16.9. The highest BCUT2D eigenvalue weighted by Gasteiger charge is 2.23. The van der Waals surface area contributed by atoms with Gasteiger partial charge in [0.15, 0.2) is 0 Å². The summed E-state index contributed by atoms with van der Waals surface area (Å²) in [5, 5.41) is 0. The van der Waals surface area contributed by atoms with Gasteiger partial charge in [-0.05, 0) is 12.5 Å². The fourth-order valence-electron chi connectivity index (χ4n) is 1.71. The van der Waals surface area contributed by atoms with Crippen LogP contribution in [0.4, 0.5) is 8.78 Å². The van der Waals surface area contributed by atoms with Crippen LogP contribution in [-0.4, -0.2) is 43.8 Å². The number of hydrogen-bond acceptors (Lipinski definition) is 3. The minimum Gasteiger partial charge on any atom is -0.342 e. The number of hydrogen-bond donors (Lipinski definition) is 0. The fourth-order valence-corrected chi connectivity index (χ4v) is 2.47. The summed E-state index contributed by atoms with van der Waals surface area (Å²) in [5.74, 6) is -0.676. The van der Waals surface area contributed by atoms with E-state index in [1.165, 1.54) is 17.8 Å². The van der Waals surface area contributed by atoms with Crippen LogP contribution in [0.2, 0.25) is 0 Å². The number of alkyl halides is 2. The summed E-state index contributed by atoms with van der Waals surface area (Å²) in [4.78, 5) is 12.7. The van der Waals surface area contributed by atoms with Crippen molar-refractivity contribution in [2.24, 2.45) is 0 Å². The summed E-state index contributed by atoms with van der Waals surface area (Å²) < 4.78 is 48.5. The van der Waals surface area contributed by atoms with Gasteiger partial charge in [0.1, 0.15) is 10.6 Å². The molecule has 0 radical (unpaired) electrons. The molecule has 1 heterocycles. The molecule has 0 saturated heterocycles. The van der Waals surface area contributed by atoms with E-state index in [0.717, 1.165) is 11.0 Å². The lowest BCUT2D eigenvalue weighted by atomic mass is 10.3. The van der Waals surface area contributed by atoms with Crippen LogP contribution < -0.4 is 0 Å². The van der Waals surface area contributed by atoms with E-state index < -0.39 is 27.9 Å². The predicted octanol–water partition coefficient (Wildman–Crippen LogP) is 2.16. The standard InChI is InChI=1S/C11H15ClF2N2O3S/c1-3-4-16-6-8(20(12,18)19)5-9(16)11(17)15(2)7-10(13)14/h5-6,10H,3-4,7H2,1-2H3. The Morgan fingerprint density at radius 1 is 1.50 bits per heavy atom. The van der Waals surface area contributed by atoms with E-state index >= 15 is 0 Å². The second-order valence-electron chi connectivity index (χ2n) is 4.27. The van der Waals surface area contributed by atoms with Gasteiger partial charge in [-0.1, -0.05) is 6.92 Å². The van der Waals surface area contributed by atoms with Crippen molar-refractivity contribution < 1.29 is 22.0 Å². The van der Waals surface area contributed by atoms with E-state index in [4.69, 9.17) is 10.7 Å². The zero-order valence-corrected chi connectivity index (χ0v) is 12.6. The highest BCUT2D eigenvalue weighted by Crippen LogP contribution is 2.20. The van der Waals surface area contributed by atoms with Crippen molar-refractivity contribution >= 4 is 25.6 Å². The Labute approximate surface area is 120 Å². The summed E-state index contributed by atoms with van der Waals surface area (Å²) in [6.45, 7) is 1.50. The summed E-state index contributed by atoms with van der Waals surface area (Å²) >= 11 is 0. The fraction of sp³-hybridized carbons (Fsp3) is 0.545. The number of halogens is 3. The second-order valence-corrected chi connectivity index (χ2v) is 6.83. The van der Waals surface area contributed by atoms with Gasteiger partial charge < -0.3 is 9.47 Å². The largest absolute Gasteiger partial charge is 0.342 e. The quantitative estimate of drug-likeness (QED) is 0.752. The molecule has 0 bridgehead atoms. The number of carbonyl (C=O) groups excluding carboxylic acids is 1. The van der Waals surface area contributed by atoms with Crippen molar-refractivity contribution in [3.63, 3.8) is 0 Å². The maximum absolute atomic E-state index is 12.3. The molecule has 114 valence electrons. The third-order valence-corrected chi connectivity index (χ3v) is 3.92. The molecule has 0 aromatic carbocycles. The average molecular weight is 329 g/mol. The van der Waals surface area contributed by atoms with E-state index in [0.29, 0.717) is 13.0 Å². The van der Waals surface area contributed by atoms with E-state index in [9.17, 15) is 22.0 Å². The molecular formula is C11H15ClF2N2O3S. The normalized spacial score (nSPS) is 11.9. The lowest BCUT2D eigenvalue weighted by Crippen LogP contribution is -2.32. The van der Waals surface area contributed by atoms with E-state index in [2.05, 4.69) is 0 Å². The Hall–Kier alpha value is -1.15. The molecule has 20 heavy (non-hydrogen) atoms. The van der Waals surface area contributed by atoms with Gasteiger partial charge in [-0.2, -0.15) is 0 Å². The summed E-state index contributed by atoms with van der Waals surface area (Å²) in [6.07, 6.45) is -0.778. The van der Waals surface area contributed by atoms with Gasteiger partial charge in [0, 0.05) is 30.5 Å². The first-order chi connectivity index (χ1) is 9.16. The third-order valence-electron chi connectivity index (χ3n) is 2.60. The molecule has 0 unspecified atom stereocenters. The van der Waals surface area contributed by atoms with Crippen molar-refractivity contribution in [2.75, 3.05) is 13.6 Å². The van der Waals surface area contributed by atoms with Crippen LogP contribution in [-0.2, 0) is 15.6 Å². The Morgan fingerprint density at radius 2 is 2.10 bits per heavy atom. The first-order valence-electron chi connectivity index (χ1n) is 5.85. The molecule has 0 fully saturated rings. The maximum atomic E-state index is 12.3. The van der Waals surface area contributed by atoms with Crippen molar-refractivity contribution in [3.05, 3.63) is 18.0 Å². The second kappa shape index (κ2) is 6.53. The Balaban J connectivity index is 3.15. The molecule has 1 aromatic heterocycles. The summed E-state index contributed by atoms with van der Waals surface area (Å²) in [7, 11) is 2.48. The molecule has 0 aliphatic heterocycles. The minimum absolute atomic E-state index is 0.0224. The number of aryl methyl sites for hydroxylation is 1. The molecule has 0 spiro atoms. The molecule has 0 saturated carbocycles. The predicted molar refractivity (Wildman–Crippen MR) is 70.7 cm³/mol. The van der Waals surface area contributed by atoms with Crippen LogP contribution in [0.25, 0.3) is 0 Å². The van der Waals surface area contributed by atoms with Gasteiger partial charge in [0.05, 0.1) is 6.54 Å². The number of aromatic nitrogens is 1. The van der Waals surface area contributed by atoms with Crippen LogP contribution in [0.3, 0.4) is 0 Å². The Bertz CT molecular complexity index is 586. The van der Waals surface area contributed by atoms with Crippen molar-refractivity contribution in [1.82, 2.24) is 9.47 Å². The molecule has 1 aromatic rings. The SMILES string of the molecule is CCCn1cc(S(=O)(=O)Cl)cc1C(=O)N(C)CC(F)F. The first-order valence-corrected chi connectivity index (χ1v) is 8.16. The molecule has 0 aliphatic rings. The van der Waals surface area contributed by atoms with Crippen LogP contribution in [0, 0.1) is 0 Å². The average Bonchev–Trinajstić information content (AvgIpc) is 2.71. The molecule has 0 atom stereocenters. The zero-order chi connectivity index (χ0) is 15.5. The van der Waals surface area contributed by atoms with Gasteiger partial charge in [-0.15, -0.1) is 0 Å². The summed E-state index contributed by atoms with van der Waals surface area (Å²) in [6, 6.07) is 1.10. The van der Waals surface area contributed by atoms with Crippen molar-refractivity contribution in [3.8, 4) is 0 Å². The Kier molecular flexibility index (Phi) is 5.52. The van der Waals surface area contributed by atoms with E-state index in [1.54, 1.807) is 0 Å². The van der Waals surface area contributed by atoms with Crippen molar-refractivity contribution in [2.45, 2.75) is 31.2 Å². The number of amides is 1. The molecule has 0 N–H and O–H groups in total. The summed E-state index contributed by atoms with van der Waals surface area (Å²) in [5.41, 5.74) is 0.0224. The zero-order valence-electron chi connectivity index (χ0n) is 11.0. The molecular weight excluding hydrogens is 314 g/mol. The van der Waals surface area contributed by atoms with Crippen LogP contribution >= 0.6 is 10.7 Å². The maximum Gasteiger partial charge on any atom is 0.270 e. The monoisotopic (exact) mass is 328 g/mol. The van der Waals surface area contributed by atoms with Crippen molar-refractivity contribution in [1.29, 1.82) is 0 Å². The van der Waals surface area contributed by atoms with Gasteiger partial charge in [-0.25, -0.2) is 17.2 Å². The lowest BCUT2D eigenvalue weighted by Gasteiger charge is -2.17. The van der Waals surface area contributed by atoms with Gasteiger partial charge >= 0.3 is 0 Å².